The molecule has 0 fully saturated rings. The van der Waals surface area contributed by atoms with Crippen LogP contribution in [-0.2, 0) is 0 Å². The number of hydrogen-bond donors (Lipinski definition) is 2. The first-order valence-electron chi connectivity index (χ1n) is 2.92. The molecule has 1 atom stereocenters. The Labute approximate surface area is 55.9 Å². The monoisotopic (exact) mass is 127 g/mol. The summed E-state index contributed by atoms with van der Waals surface area (Å²) in [5.41, 5.74) is 0. The molecule has 0 aromatic heterocycles. The maximum atomic E-state index is 8.58. The van der Waals surface area contributed by atoms with Gasteiger partial charge in [0, 0.05) is 12.6 Å². The Morgan fingerprint density at radius 2 is 2.22 bits per heavy atom. The standard InChI is InChI=1S/C7H13NO/c1-3-5-8-7(4-2)6-9/h3-4,7-9H,1-2,5-6H2. The van der Waals surface area contributed by atoms with E-state index in [2.05, 4.69) is 18.5 Å². The molecule has 0 amide bonds. The lowest BCUT2D eigenvalue weighted by Crippen LogP contribution is -2.30. The van der Waals surface area contributed by atoms with E-state index in [1.54, 1.807) is 12.2 Å². The summed E-state index contributed by atoms with van der Waals surface area (Å²) in [6.07, 6.45) is 3.41. The molecule has 0 heterocycles. The molecule has 9 heavy (non-hydrogen) atoms. The number of hydrogen-bond acceptors (Lipinski definition) is 2. The van der Waals surface area contributed by atoms with Crippen molar-refractivity contribution in [3.8, 4) is 0 Å². The molecule has 52 valence electrons. The van der Waals surface area contributed by atoms with Gasteiger partial charge in [0.25, 0.3) is 0 Å². The van der Waals surface area contributed by atoms with Crippen LogP contribution in [0.3, 0.4) is 0 Å². The van der Waals surface area contributed by atoms with E-state index in [1.807, 2.05) is 0 Å². The summed E-state index contributed by atoms with van der Waals surface area (Å²) in [4.78, 5) is 0. The Balaban J connectivity index is 3.30. The largest absolute Gasteiger partial charge is 0.394 e. The lowest BCUT2D eigenvalue weighted by molar-refractivity contribution is 0.267. The van der Waals surface area contributed by atoms with Crippen LogP contribution in [0.4, 0.5) is 0 Å². The predicted octanol–water partition coefficient (Wildman–Crippen LogP) is 0.309. The van der Waals surface area contributed by atoms with Crippen LogP contribution in [0.15, 0.2) is 25.3 Å². The fourth-order valence-electron chi connectivity index (χ4n) is 0.457. The van der Waals surface area contributed by atoms with Crippen LogP contribution in [0, 0.1) is 0 Å². The average molecular weight is 127 g/mol. The Kier molecular flexibility index (Phi) is 5.17. The summed E-state index contributed by atoms with van der Waals surface area (Å²) >= 11 is 0. The van der Waals surface area contributed by atoms with E-state index in [-0.39, 0.29) is 12.6 Å². The van der Waals surface area contributed by atoms with Crippen molar-refractivity contribution in [2.24, 2.45) is 0 Å². The van der Waals surface area contributed by atoms with Crippen LogP contribution in [-0.4, -0.2) is 24.3 Å². The molecule has 0 aliphatic rings. The molecular weight excluding hydrogens is 114 g/mol. The second-order valence-electron chi connectivity index (χ2n) is 1.72. The molecule has 0 aliphatic heterocycles. The van der Waals surface area contributed by atoms with Crippen molar-refractivity contribution >= 4 is 0 Å². The van der Waals surface area contributed by atoms with Gasteiger partial charge in [-0.05, 0) is 0 Å². The minimum absolute atomic E-state index is 0.00278. The normalized spacial score (nSPS) is 12.6. The van der Waals surface area contributed by atoms with Gasteiger partial charge in [-0.25, -0.2) is 0 Å². The number of rotatable bonds is 5. The zero-order chi connectivity index (χ0) is 7.11. The third-order valence-electron chi connectivity index (χ3n) is 1.01. The number of nitrogens with one attached hydrogen (secondary N) is 1. The molecule has 0 spiro atoms. The van der Waals surface area contributed by atoms with Crippen LogP contribution < -0.4 is 5.32 Å². The lowest BCUT2D eigenvalue weighted by atomic mass is 10.3. The first-order chi connectivity index (χ1) is 4.35. The predicted molar refractivity (Wildman–Crippen MR) is 39.3 cm³/mol. The van der Waals surface area contributed by atoms with E-state index in [0.29, 0.717) is 6.54 Å². The SMILES string of the molecule is C=CCNC(C=C)CO. The smallest absolute Gasteiger partial charge is 0.0620 e. The summed E-state index contributed by atoms with van der Waals surface area (Å²) in [5, 5.41) is 11.6. The van der Waals surface area contributed by atoms with Gasteiger partial charge in [-0.2, -0.15) is 0 Å². The fraction of sp³-hybridized carbons (Fsp3) is 0.429. The zero-order valence-corrected chi connectivity index (χ0v) is 5.51. The van der Waals surface area contributed by atoms with Crippen molar-refractivity contribution in [1.82, 2.24) is 5.32 Å². The Hall–Kier alpha value is -0.600. The van der Waals surface area contributed by atoms with Crippen molar-refractivity contribution in [3.63, 3.8) is 0 Å². The van der Waals surface area contributed by atoms with E-state index in [9.17, 15) is 0 Å². The van der Waals surface area contributed by atoms with E-state index < -0.39 is 0 Å². The topological polar surface area (TPSA) is 32.3 Å². The molecule has 0 saturated carbocycles. The van der Waals surface area contributed by atoms with Crippen molar-refractivity contribution in [2.75, 3.05) is 13.2 Å². The molecule has 2 nitrogen and oxygen atoms in total. The van der Waals surface area contributed by atoms with E-state index in [1.165, 1.54) is 0 Å². The Morgan fingerprint density at radius 1 is 1.56 bits per heavy atom. The third kappa shape index (κ3) is 3.94. The van der Waals surface area contributed by atoms with Crippen molar-refractivity contribution in [1.29, 1.82) is 0 Å². The molecule has 0 aromatic carbocycles. The second kappa shape index (κ2) is 5.54. The Bertz CT molecular complexity index is 90.9. The van der Waals surface area contributed by atoms with Gasteiger partial charge >= 0.3 is 0 Å². The first kappa shape index (κ1) is 8.40. The van der Waals surface area contributed by atoms with Crippen LogP contribution >= 0.6 is 0 Å². The van der Waals surface area contributed by atoms with Gasteiger partial charge in [-0.3, -0.25) is 0 Å². The quantitative estimate of drug-likeness (QED) is 0.521. The summed E-state index contributed by atoms with van der Waals surface area (Å²) in [7, 11) is 0. The highest BCUT2D eigenvalue weighted by Crippen LogP contribution is 1.80. The van der Waals surface area contributed by atoms with E-state index >= 15 is 0 Å². The number of aliphatic hydroxyl groups excluding tert-OH is 1. The van der Waals surface area contributed by atoms with Gasteiger partial charge in [0.15, 0.2) is 0 Å². The molecule has 2 N–H and O–H groups in total. The minimum atomic E-state index is 0.00278. The zero-order valence-electron chi connectivity index (χ0n) is 5.51. The maximum absolute atomic E-state index is 8.58. The van der Waals surface area contributed by atoms with Gasteiger partial charge in [0.2, 0.25) is 0 Å². The van der Waals surface area contributed by atoms with Crippen LogP contribution in [0.5, 0.6) is 0 Å². The molecule has 1 unspecified atom stereocenters. The Morgan fingerprint density at radius 3 is 2.56 bits per heavy atom. The van der Waals surface area contributed by atoms with Crippen molar-refractivity contribution in [3.05, 3.63) is 25.3 Å². The molecule has 0 radical (unpaired) electrons. The van der Waals surface area contributed by atoms with Gasteiger partial charge in [0.1, 0.15) is 0 Å². The number of aliphatic hydroxyl groups is 1. The summed E-state index contributed by atoms with van der Waals surface area (Å²) in [6.45, 7) is 7.85. The van der Waals surface area contributed by atoms with Crippen LogP contribution in [0.1, 0.15) is 0 Å². The van der Waals surface area contributed by atoms with Crippen LogP contribution in [0.25, 0.3) is 0 Å². The second-order valence-corrected chi connectivity index (χ2v) is 1.72. The van der Waals surface area contributed by atoms with Crippen molar-refractivity contribution in [2.45, 2.75) is 6.04 Å². The molecule has 0 saturated heterocycles. The third-order valence-corrected chi connectivity index (χ3v) is 1.01. The minimum Gasteiger partial charge on any atom is -0.394 e. The molecule has 0 aromatic rings. The van der Waals surface area contributed by atoms with Gasteiger partial charge in [-0.15, -0.1) is 13.2 Å². The highest BCUT2D eigenvalue weighted by Gasteiger charge is 1.95. The molecule has 0 rings (SSSR count). The average Bonchev–Trinajstić information content (AvgIpc) is 1.91. The van der Waals surface area contributed by atoms with Gasteiger partial charge < -0.3 is 10.4 Å². The van der Waals surface area contributed by atoms with Crippen molar-refractivity contribution < 1.29 is 5.11 Å². The molecule has 0 bridgehead atoms. The molecular formula is C7H13NO. The molecule has 2 heteroatoms. The highest BCUT2D eigenvalue weighted by molar-refractivity contribution is 4.86. The highest BCUT2D eigenvalue weighted by atomic mass is 16.3. The maximum Gasteiger partial charge on any atom is 0.0620 e. The lowest BCUT2D eigenvalue weighted by Gasteiger charge is -2.07. The summed E-state index contributed by atoms with van der Waals surface area (Å²) < 4.78 is 0. The first-order valence-corrected chi connectivity index (χ1v) is 2.92. The summed E-state index contributed by atoms with van der Waals surface area (Å²) in [5.74, 6) is 0. The molecule has 0 aliphatic carbocycles. The van der Waals surface area contributed by atoms with Gasteiger partial charge in [-0.1, -0.05) is 12.2 Å². The van der Waals surface area contributed by atoms with Gasteiger partial charge in [0.05, 0.1) is 6.61 Å². The fourth-order valence-corrected chi connectivity index (χ4v) is 0.457. The summed E-state index contributed by atoms with van der Waals surface area (Å²) in [6, 6.07) is 0.00278. The van der Waals surface area contributed by atoms with E-state index in [4.69, 9.17) is 5.11 Å². The van der Waals surface area contributed by atoms with Crippen LogP contribution in [0.2, 0.25) is 0 Å². The van der Waals surface area contributed by atoms with E-state index in [0.717, 1.165) is 0 Å².